The lowest BCUT2D eigenvalue weighted by molar-refractivity contribution is 0.233. The molecule has 70 valence electrons. The van der Waals surface area contributed by atoms with Gasteiger partial charge in [-0.1, -0.05) is 12.1 Å². The van der Waals surface area contributed by atoms with Crippen molar-refractivity contribution in [1.82, 2.24) is 4.90 Å². The summed E-state index contributed by atoms with van der Waals surface area (Å²) in [5.74, 6) is -0.284. The highest BCUT2D eigenvalue weighted by Crippen LogP contribution is 2.07. The van der Waals surface area contributed by atoms with E-state index < -0.39 is 0 Å². The largest absolute Gasteiger partial charge is 0.332 e. The molecule has 0 atom stereocenters. The molecule has 4 heteroatoms. The second kappa shape index (κ2) is 4.37. The first kappa shape index (κ1) is 10.2. The van der Waals surface area contributed by atoms with Gasteiger partial charge in [-0.15, -0.1) is 0 Å². The third-order valence-electron chi connectivity index (χ3n) is 1.61. The van der Waals surface area contributed by atoms with E-state index in [-0.39, 0.29) is 10.6 Å². The van der Waals surface area contributed by atoms with E-state index in [0.717, 1.165) is 5.56 Å². The van der Waals surface area contributed by atoms with Gasteiger partial charge in [0.15, 0.2) is 0 Å². The van der Waals surface area contributed by atoms with Gasteiger partial charge in [0.25, 0.3) is 4.82 Å². The van der Waals surface area contributed by atoms with Gasteiger partial charge < -0.3 is 4.90 Å². The summed E-state index contributed by atoms with van der Waals surface area (Å²) in [5.41, 5.74) is 0.773. The Hall–Kier alpha value is -0.900. The van der Waals surface area contributed by atoms with Crippen LogP contribution in [-0.4, -0.2) is 16.8 Å². The molecule has 0 spiro atoms. The summed E-state index contributed by atoms with van der Waals surface area (Å²) < 4.78 is 12.7. The maximum Gasteiger partial charge on any atom is 0.289 e. The van der Waals surface area contributed by atoms with Crippen LogP contribution in [0.25, 0.3) is 0 Å². The fourth-order valence-electron chi connectivity index (χ4n) is 0.971. The number of hydrogen-bond acceptors (Lipinski definition) is 1. The molecule has 1 aromatic rings. The average molecular weight is 246 g/mol. The van der Waals surface area contributed by atoms with E-state index in [1.165, 1.54) is 17.0 Å². The minimum atomic E-state index is -0.284. The van der Waals surface area contributed by atoms with Crippen molar-refractivity contribution in [3.8, 4) is 0 Å². The Bertz CT molecular complexity index is 316. The van der Waals surface area contributed by atoms with Gasteiger partial charge in [0.1, 0.15) is 5.82 Å². The number of carbonyl (C=O) groups is 1. The summed E-state index contributed by atoms with van der Waals surface area (Å²) in [6.07, 6.45) is 0. The summed E-state index contributed by atoms with van der Waals surface area (Å²) in [6.45, 7) is 0.405. The second-order valence-corrected chi connectivity index (χ2v) is 3.42. The molecule has 0 radical (unpaired) electrons. The molecule has 0 saturated heterocycles. The first-order valence-corrected chi connectivity index (χ1v) is 4.54. The van der Waals surface area contributed by atoms with E-state index in [4.69, 9.17) is 0 Å². The first-order valence-electron chi connectivity index (χ1n) is 3.74. The van der Waals surface area contributed by atoms with Crippen molar-refractivity contribution in [3.05, 3.63) is 35.6 Å². The third-order valence-corrected chi connectivity index (χ3v) is 2.21. The predicted molar refractivity (Wildman–Crippen MR) is 52.2 cm³/mol. The van der Waals surface area contributed by atoms with Crippen LogP contribution < -0.4 is 0 Å². The maximum absolute atomic E-state index is 12.7. The second-order valence-electron chi connectivity index (χ2n) is 2.74. The highest BCUT2D eigenvalue weighted by atomic mass is 79.9. The molecule has 1 amide bonds. The van der Waals surface area contributed by atoms with Gasteiger partial charge in [-0.25, -0.2) is 4.39 Å². The normalized spacial score (nSPS) is 9.77. The van der Waals surface area contributed by atoms with Crippen molar-refractivity contribution in [2.75, 3.05) is 7.05 Å². The summed E-state index contributed by atoms with van der Waals surface area (Å²) in [5, 5.41) is 0. The van der Waals surface area contributed by atoms with Gasteiger partial charge in [0, 0.05) is 29.5 Å². The van der Waals surface area contributed by atoms with Crippen LogP contribution >= 0.6 is 15.9 Å². The zero-order valence-electron chi connectivity index (χ0n) is 7.13. The monoisotopic (exact) mass is 245 g/mol. The standard InChI is InChI=1S/C9H9BrFNO/c1-12(9(10)13)6-7-3-2-4-8(11)5-7/h2-5H,6H2,1H3. The fraction of sp³-hybridized carbons (Fsp3) is 0.222. The first-order chi connectivity index (χ1) is 6.09. The van der Waals surface area contributed by atoms with E-state index >= 15 is 0 Å². The highest BCUT2D eigenvalue weighted by molar-refractivity contribution is 9.18. The SMILES string of the molecule is CN(Cc1cccc(F)c1)C(=O)Br. The molecule has 0 N–H and O–H groups in total. The van der Waals surface area contributed by atoms with Gasteiger partial charge in [0.05, 0.1) is 0 Å². The molecular weight excluding hydrogens is 237 g/mol. The molecule has 0 unspecified atom stereocenters. The summed E-state index contributed by atoms with van der Waals surface area (Å²) in [7, 11) is 1.64. The smallest absolute Gasteiger partial charge is 0.289 e. The zero-order valence-corrected chi connectivity index (χ0v) is 8.71. The van der Waals surface area contributed by atoms with E-state index in [0.29, 0.717) is 6.54 Å². The van der Waals surface area contributed by atoms with Gasteiger partial charge in [-0.05, 0) is 17.7 Å². The minimum absolute atomic E-state index is 0.211. The molecule has 1 aromatic carbocycles. The molecule has 0 aliphatic rings. The van der Waals surface area contributed by atoms with Crippen molar-refractivity contribution in [1.29, 1.82) is 0 Å². The molecule has 0 aliphatic heterocycles. The molecule has 0 heterocycles. The lowest BCUT2D eigenvalue weighted by Crippen LogP contribution is -2.19. The number of rotatable bonds is 2. The number of hydrogen-bond donors (Lipinski definition) is 0. The van der Waals surface area contributed by atoms with E-state index in [1.807, 2.05) is 0 Å². The number of benzene rings is 1. The molecule has 0 fully saturated rings. The third kappa shape index (κ3) is 3.14. The number of halogens is 2. The van der Waals surface area contributed by atoms with Crippen molar-refractivity contribution in [2.45, 2.75) is 6.54 Å². The average Bonchev–Trinajstić information content (AvgIpc) is 2.04. The molecule has 2 nitrogen and oxygen atoms in total. The Balaban J connectivity index is 2.69. The van der Waals surface area contributed by atoms with Crippen molar-refractivity contribution in [3.63, 3.8) is 0 Å². The summed E-state index contributed by atoms with van der Waals surface area (Å²) in [6, 6.07) is 6.18. The Kier molecular flexibility index (Phi) is 3.42. The summed E-state index contributed by atoms with van der Waals surface area (Å²) >= 11 is 2.81. The van der Waals surface area contributed by atoms with E-state index in [1.54, 1.807) is 19.2 Å². The lowest BCUT2D eigenvalue weighted by atomic mass is 10.2. The van der Waals surface area contributed by atoms with Crippen LogP contribution in [0.1, 0.15) is 5.56 Å². The van der Waals surface area contributed by atoms with Crippen molar-refractivity contribution >= 4 is 20.7 Å². The fourth-order valence-corrected chi connectivity index (χ4v) is 1.10. The van der Waals surface area contributed by atoms with Crippen LogP contribution in [-0.2, 0) is 6.54 Å². The van der Waals surface area contributed by atoms with E-state index in [2.05, 4.69) is 15.9 Å². The molecule has 0 aliphatic carbocycles. The van der Waals surface area contributed by atoms with Crippen molar-refractivity contribution < 1.29 is 9.18 Å². The predicted octanol–water partition coefficient (Wildman–Crippen LogP) is 2.77. The number of nitrogens with zero attached hydrogens (tertiary/aromatic N) is 1. The topological polar surface area (TPSA) is 20.3 Å². The van der Waals surface area contributed by atoms with Crippen LogP contribution in [0.5, 0.6) is 0 Å². The highest BCUT2D eigenvalue weighted by Gasteiger charge is 2.04. The van der Waals surface area contributed by atoms with Crippen LogP contribution in [0.3, 0.4) is 0 Å². The van der Waals surface area contributed by atoms with Gasteiger partial charge in [0.2, 0.25) is 0 Å². The quantitative estimate of drug-likeness (QED) is 0.580. The summed E-state index contributed by atoms with van der Waals surface area (Å²) in [4.78, 5) is 12.0. The number of carbonyl (C=O) groups excluding carboxylic acids is 1. The van der Waals surface area contributed by atoms with Gasteiger partial charge in [-0.2, -0.15) is 0 Å². The van der Waals surface area contributed by atoms with Gasteiger partial charge >= 0.3 is 0 Å². The molecule has 0 saturated carbocycles. The zero-order chi connectivity index (χ0) is 9.84. The molecule has 13 heavy (non-hydrogen) atoms. The molecular formula is C9H9BrFNO. The minimum Gasteiger partial charge on any atom is -0.332 e. The number of amides is 1. The Morgan fingerprint density at radius 3 is 2.85 bits per heavy atom. The van der Waals surface area contributed by atoms with Crippen LogP contribution in [0.2, 0.25) is 0 Å². The van der Waals surface area contributed by atoms with E-state index in [9.17, 15) is 9.18 Å². The van der Waals surface area contributed by atoms with Crippen LogP contribution in [0, 0.1) is 5.82 Å². The molecule has 0 aromatic heterocycles. The Morgan fingerprint density at radius 2 is 2.31 bits per heavy atom. The lowest BCUT2D eigenvalue weighted by Gasteiger charge is -2.13. The Labute approximate surface area is 84.5 Å². The van der Waals surface area contributed by atoms with Crippen molar-refractivity contribution in [2.24, 2.45) is 0 Å². The van der Waals surface area contributed by atoms with Crippen LogP contribution in [0.4, 0.5) is 9.18 Å². The van der Waals surface area contributed by atoms with Gasteiger partial charge in [-0.3, -0.25) is 4.79 Å². The molecule has 1 rings (SSSR count). The molecule has 0 bridgehead atoms. The Morgan fingerprint density at radius 1 is 1.62 bits per heavy atom. The maximum atomic E-state index is 12.7. The van der Waals surface area contributed by atoms with Crippen LogP contribution in [0.15, 0.2) is 24.3 Å².